The van der Waals surface area contributed by atoms with Crippen molar-refractivity contribution in [2.24, 2.45) is 0 Å². The minimum Gasteiger partial charge on any atom is -0.464 e. The lowest BCUT2D eigenvalue weighted by molar-refractivity contribution is 0.562. The summed E-state index contributed by atoms with van der Waals surface area (Å²) in [6.45, 7) is 0. The molecule has 0 unspecified atom stereocenters. The smallest absolute Gasteiger partial charge is 0.359 e. The van der Waals surface area contributed by atoms with Crippen molar-refractivity contribution in [1.29, 1.82) is 0 Å². The fraction of sp³-hybridized carbons (Fsp3) is 0. The molecule has 4 nitrogen and oxygen atoms in total. The van der Waals surface area contributed by atoms with Gasteiger partial charge >= 0.3 is 5.63 Å². The highest BCUT2D eigenvalue weighted by Gasteiger charge is 2.05. The zero-order chi connectivity index (χ0) is 10.4. The van der Waals surface area contributed by atoms with E-state index in [-0.39, 0.29) is 5.69 Å². The first kappa shape index (κ1) is 8.11. The van der Waals surface area contributed by atoms with Gasteiger partial charge in [-0.3, -0.25) is 0 Å². The van der Waals surface area contributed by atoms with E-state index >= 15 is 0 Å². The Morgan fingerprint density at radius 2 is 1.93 bits per heavy atom. The van der Waals surface area contributed by atoms with E-state index in [2.05, 4.69) is 0 Å². The van der Waals surface area contributed by atoms with Crippen LogP contribution in [-0.4, -0.2) is 0 Å². The third-order valence-corrected chi connectivity index (χ3v) is 2.33. The number of fused-ring (bicyclic) bond motifs is 2. The molecular formula is C11H7NO3. The van der Waals surface area contributed by atoms with E-state index in [0.29, 0.717) is 11.2 Å². The topological polar surface area (TPSA) is 69.4 Å². The number of anilines is 1. The quantitative estimate of drug-likeness (QED) is 0.565. The van der Waals surface area contributed by atoms with Gasteiger partial charge in [0.25, 0.3) is 0 Å². The van der Waals surface area contributed by atoms with Crippen LogP contribution in [0.15, 0.2) is 44.2 Å². The third kappa shape index (κ3) is 1.11. The molecular weight excluding hydrogens is 194 g/mol. The minimum absolute atomic E-state index is 0.116. The molecule has 4 heteroatoms. The van der Waals surface area contributed by atoms with Crippen LogP contribution in [0.1, 0.15) is 0 Å². The number of benzene rings is 1. The number of nitrogen functional groups attached to an aromatic ring is 1. The summed E-state index contributed by atoms with van der Waals surface area (Å²) in [6, 6.07) is 7.00. The van der Waals surface area contributed by atoms with Gasteiger partial charge in [0.1, 0.15) is 16.9 Å². The average molecular weight is 201 g/mol. The van der Waals surface area contributed by atoms with E-state index in [9.17, 15) is 4.79 Å². The van der Waals surface area contributed by atoms with Crippen molar-refractivity contribution >= 4 is 27.6 Å². The molecule has 74 valence electrons. The molecule has 2 aromatic heterocycles. The molecule has 2 heterocycles. The van der Waals surface area contributed by atoms with E-state index in [1.807, 2.05) is 12.1 Å². The summed E-state index contributed by atoms with van der Waals surface area (Å²) in [5.41, 5.74) is 6.24. The van der Waals surface area contributed by atoms with Crippen LogP contribution in [0.5, 0.6) is 0 Å². The maximum atomic E-state index is 11.2. The van der Waals surface area contributed by atoms with Crippen LogP contribution in [0.25, 0.3) is 21.9 Å². The van der Waals surface area contributed by atoms with Crippen LogP contribution in [0.3, 0.4) is 0 Å². The monoisotopic (exact) mass is 201 g/mol. The second-order valence-corrected chi connectivity index (χ2v) is 3.34. The van der Waals surface area contributed by atoms with Crippen molar-refractivity contribution in [1.82, 2.24) is 0 Å². The molecule has 0 spiro atoms. The van der Waals surface area contributed by atoms with Crippen molar-refractivity contribution < 1.29 is 8.83 Å². The molecule has 1 aromatic carbocycles. The molecule has 0 atom stereocenters. The maximum absolute atomic E-state index is 11.2. The average Bonchev–Trinajstić information content (AvgIpc) is 2.63. The summed E-state index contributed by atoms with van der Waals surface area (Å²) in [6.07, 6.45) is 1.59. The first-order chi connectivity index (χ1) is 7.24. The van der Waals surface area contributed by atoms with Crippen LogP contribution in [0.2, 0.25) is 0 Å². The van der Waals surface area contributed by atoms with E-state index in [1.54, 1.807) is 18.4 Å². The first-order valence-electron chi connectivity index (χ1n) is 4.44. The highest BCUT2D eigenvalue weighted by Crippen LogP contribution is 2.23. The lowest BCUT2D eigenvalue weighted by Crippen LogP contribution is -2.05. The largest absolute Gasteiger partial charge is 0.464 e. The maximum Gasteiger partial charge on any atom is 0.359 e. The molecule has 0 aliphatic rings. The predicted octanol–water partition coefficient (Wildman–Crippen LogP) is 2.12. The molecule has 0 bridgehead atoms. The molecule has 15 heavy (non-hydrogen) atoms. The van der Waals surface area contributed by atoms with Gasteiger partial charge < -0.3 is 14.6 Å². The van der Waals surface area contributed by atoms with E-state index in [0.717, 1.165) is 10.8 Å². The van der Waals surface area contributed by atoms with Crippen molar-refractivity contribution in [2.75, 3.05) is 5.73 Å². The van der Waals surface area contributed by atoms with Gasteiger partial charge in [0, 0.05) is 16.8 Å². The normalized spacial score (nSPS) is 11.2. The summed E-state index contributed by atoms with van der Waals surface area (Å²) >= 11 is 0. The lowest BCUT2D eigenvalue weighted by Gasteiger charge is -1.97. The number of furan rings is 1. The van der Waals surface area contributed by atoms with Gasteiger partial charge in [0.05, 0.1) is 6.26 Å². The molecule has 0 aliphatic heterocycles. The van der Waals surface area contributed by atoms with E-state index in [1.165, 1.54) is 0 Å². The summed E-state index contributed by atoms with van der Waals surface area (Å²) < 4.78 is 10.2. The standard InChI is InChI=1S/C11H7NO3/c12-8-4-7-3-6-1-2-14-9(6)5-10(7)15-11(8)13/h1-5H,12H2. The number of rotatable bonds is 0. The summed E-state index contributed by atoms with van der Waals surface area (Å²) in [4.78, 5) is 11.2. The van der Waals surface area contributed by atoms with E-state index < -0.39 is 5.63 Å². The Kier molecular flexibility index (Phi) is 1.42. The van der Waals surface area contributed by atoms with Crippen LogP contribution in [0.4, 0.5) is 5.69 Å². The van der Waals surface area contributed by atoms with E-state index in [4.69, 9.17) is 14.6 Å². The fourth-order valence-corrected chi connectivity index (χ4v) is 1.59. The Bertz CT molecular complexity index is 708. The SMILES string of the molecule is Nc1cc2cc3ccoc3cc2oc1=O. The molecule has 0 amide bonds. The van der Waals surface area contributed by atoms with Crippen molar-refractivity contribution in [2.45, 2.75) is 0 Å². The Morgan fingerprint density at radius 1 is 1.07 bits per heavy atom. The molecule has 0 aliphatic carbocycles. The van der Waals surface area contributed by atoms with Crippen molar-refractivity contribution in [3.05, 3.63) is 40.9 Å². The summed E-state index contributed by atoms with van der Waals surface area (Å²) in [5, 5.41) is 1.75. The summed E-state index contributed by atoms with van der Waals surface area (Å²) in [7, 11) is 0. The summed E-state index contributed by atoms with van der Waals surface area (Å²) in [5.74, 6) is 0. The lowest BCUT2D eigenvalue weighted by atomic mass is 10.2. The van der Waals surface area contributed by atoms with Gasteiger partial charge in [-0.05, 0) is 18.2 Å². The highest BCUT2D eigenvalue weighted by molar-refractivity contribution is 5.93. The molecule has 0 radical (unpaired) electrons. The van der Waals surface area contributed by atoms with Crippen molar-refractivity contribution in [3.8, 4) is 0 Å². The second-order valence-electron chi connectivity index (χ2n) is 3.34. The molecule has 3 aromatic rings. The highest BCUT2D eigenvalue weighted by atomic mass is 16.4. The Labute approximate surface area is 83.9 Å². The van der Waals surface area contributed by atoms with Crippen molar-refractivity contribution in [3.63, 3.8) is 0 Å². The molecule has 0 saturated carbocycles. The molecule has 0 fully saturated rings. The molecule has 0 saturated heterocycles. The third-order valence-electron chi connectivity index (χ3n) is 2.33. The number of hydrogen-bond acceptors (Lipinski definition) is 4. The Balaban J connectivity index is 2.54. The van der Waals surface area contributed by atoms with Gasteiger partial charge in [-0.15, -0.1) is 0 Å². The zero-order valence-corrected chi connectivity index (χ0v) is 7.69. The number of hydrogen-bond donors (Lipinski definition) is 1. The van der Waals surface area contributed by atoms with Gasteiger partial charge in [-0.25, -0.2) is 4.79 Å². The number of nitrogens with two attached hydrogens (primary N) is 1. The fourth-order valence-electron chi connectivity index (χ4n) is 1.59. The second kappa shape index (κ2) is 2.63. The van der Waals surface area contributed by atoms with Crippen LogP contribution in [-0.2, 0) is 0 Å². The Morgan fingerprint density at radius 3 is 2.80 bits per heavy atom. The van der Waals surface area contributed by atoms with Gasteiger partial charge in [0.2, 0.25) is 0 Å². The van der Waals surface area contributed by atoms with Gasteiger partial charge in [-0.2, -0.15) is 0 Å². The van der Waals surface area contributed by atoms with Crippen LogP contribution >= 0.6 is 0 Å². The van der Waals surface area contributed by atoms with Crippen LogP contribution < -0.4 is 11.4 Å². The van der Waals surface area contributed by atoms with Gasteiger partial charge in [0.15, 0.2) is 0 Å². The van der Waals surface area contributed by atoms with Gasteiger partial charge in [-0.1, -0.05) is 0 Å². The first-order valence-corrected chi connectivity index (χ1v) is 4.44. The Hall–Kier alpha value is -2.23. The molecule has 3 rings (SSSR count). The molecule has 2 N–H and O–H groups in total. The predicted molar refractivity (Wildman–Crippen MR) is 56.7 cm³/mol. The van der Waals surface area contributed by atoms with Crippen LogP contribution in [0, 0.1) is 0 Å². The zero-order valence-electron chi connectivity index (χ0n) is 7.69. The minimum atomic E-state index is -0.520.